The number of hydrogen-bond acceptors (Lipinski definition) is 4. The summed E-state index contributed by atoms with van der Waals surface area (Å²) >= 11 is 0. The van der Waals surface area contributed by atoms with Crippen molar-refractivity contribution in [2.24, 2.45) is 5.92 Å². The smallest absolute Gasteiger partial charge is 0.266 e. The van der Waals surface area contributed by atoms with Crippen molar-refractivity contribution < 1.29 is 13.5 Å². The Bertz CT molecular complexity index is 964. The number of anilines is 1. The number of fused-ring (bicyclic) bond motifs is 1. The first-order chi connectivity index (χ1) is 11.4. The number of hydrogen-bond donors (Lipinski definition) is 2. The van der Waals surface area contributed by atoms with Gasteiger partial charge < -0.3 is 10.1 Å². The van der Waals surface area contributed by atoms with Gasteiger partial charge in [-0.25, -0.2) is 13.4 Å². The van der Waals surface area contributed by atoms with Gasteiger partial charge in [0.05, 0.1) is 5.69 Å². The molecule has 0 atom stereocenters. The number of H-pyrrole nitrogens is 1. The van der Waals surface area contributed by atoms with Gasteiger partial charge in [0.1, 0.15) is 16.3 Å². The molecule has 3 rings (SSSR count). The molecule has 0 bridgehead atoms. The van der Waals surface area contributed by atoms with Crippen LogP contribution in [0.25, 0.3) is 11.0 Å². The number of aromatic hydroxyl groups is 1. The molecule has 2 N–H and O–H groups in total. The van der Waals surface area contributed by atoms with Crippen molar-refractivity contribution >= 4 is 26.7 Å². The summed E-state index contributed by atoms with van der Waals surface area (Å²) in [4.78, 5) is 7.22. The Morgan fingerprint density at radius 1 is 1.25 bits per heavy atom. The SMILES string of the molecule is CC(C)CN(c1cccc(O)c1)S(=O)(=O)c1c[nH]c2ncccc12. The molecular formula is C17H19N3O3S. The molecule has 1 aromatic carbocycles. The molecular weight excluding hydrogens is 326 g/mol. The first kappa shape index (κ1) is 16.3. The number of nitrogens with zero attached hydrogens (tertiary/aromatic N) is 2. The highest BCUT2D eigenvalue weighted by molar-refractivity contribution is 7.93. The first-order valence-corrected chi connectivity index (χ1v) is 9.07. The zero-order valence-corrected chi connectivity index (χ0v) is 14.3. The van der Waals surface area contributed by atoms with Gasteiger partial charge in [0, 0.05) is 30.4 Å². The Morgan fingerprint density at radius 3 is 2.75 bits per heavy atom. The van der Waals surface area contributed by atoms with E-state index in [1.54, 1.807) is 30.5 Å². The van der Waals surface area contributed by atoms with Crippen LogP contribution in [0.2, 0.25) is 0 Å². The Hall–Kier alpha value is -2.54. The molecule has 0 saturated carbocycles. The summed E-state index contributed by atoms with van der Waals surface area (Å²) in [6.07, 6.45) is 3.07. The molecule has 0 amide bonds. The summed E-state index contributed by atoms with van der Waals surface area (Å²) in [7, 11) is -3.80. The van der Waals surface area contributed by atoms with Gasteiger partial charge in [-0.1, -0.05) is 19.9 Å². The Balaban J connectivity index is 2.15. The third-order valence-electron chi connectivity index (χ3n) is 3.63. The van der Waals surface area contributed by atoms with Crippen molar-refractivity contribution in [2.75, 3.05) is 10.8 Å². The predicted octanol–water partition coefficient (Wildman–Crippen LogP) is 3.12. The van der Waals surface area contributed by atoms with E-state index < -0.39 is 10.0 Å². The number of phenolic OH excluding ortho intramolecular Hbond substituents is 1. The zero-order chi connectivity index (χ0) is 17.3. The first-order valence-electron chi connectivity index (χ1n) is 7.63. The van der Waals surface area contributed by atoms with Crippen LogP contribution in [0.1, 0.15) is 13.8 Å². The lowest BCUT2D eigenvalue weighted by molar-refractivity contribution is 0.475. The minimum absolute atomic E-state index is 0.0250. The quantitative estimate of drug-likeness (QED) is 0.744. The molecule has 0 spiro atoms. The molecule has 2 aromatic heterocycles. The maximum absolute atomic E-state index is 13.3. The monoisotopic (exact) mass is 345 g/mol. The standard InChI is InChI=1S/C17H19N3O3S/c1-12(2)11-20(13-5-3-6-14(21)9-13)24(22,23)16-10-19-17-15(16)7-4-8-18-17/h3-10,12,21H,11H2,1-2H3,(H,18,19). The molecule has 2 heterocycles. The molecule has 24 heavy (non-hydrogen) atoms. The molecule has 0 fully saturated rings. The van der Waals surface area contributed by atoms with Crippen LogP contribution in [0.4, 0.5) is 5.69 Å². The summed E-state index contributed by atoms with van der Waals surface area (Å²) in [6.45, 7) is 4.20. The summed E-state index contributed by atoms with van der Waals surface area (Å²) in [5.41, 5.74) is 0.957. The van der Waals surface area contributed by atoms with Crippen LogP contribution in [-0.4, -0.2) is 30.0 Å². The van der Waals surface area contributed by atoms with Crippen LogP contribution in [0.3, 0.4) is 0 Å². The molecule has 0 aliphatic heterocycles. The van der Waals surface area contributed by atoms with Gasteiger partial charge in [0.2, 0.25) is 0 Å². The summed E-state index contributed by atoms with van der Waals surface area (Å²) in [5.74, 6) is 0.141. The lowest BCUT2D eigenvalue weighted by atomic mass is 10.2. The Kier molecular flexibility index (Phi) is 4.19. The van der Waals surface area contributed by atoms with Gasteiger partial charge >= 0.3 is 0 Å². The molecule has 7 heteroatoms. The van der Waals surface area contributed by atoms with Crippen LogP contribution in [0.5, 0.6) is 5.75 Å². The Morgan fingerprint density at radius 2 is 2.04 bits per heavy atom. The number of aromatic amines is 1. The van der Waals surface area contributed by atoms with Gasteiger partial charge in [-0.2, -0.15) is 0 Å². The maximum Gasteiger partial charge on any atom is 0.266 e. The topological polar surface area (TPSA) is 86.3 Å². The number of rotatable bonds is 5. The molecule has 0 aliphatic carbocycles. The van der Waals surface area contributed by atoms with Crippen LogP contribution >= 0.6 is 0 Å². The summed E-state index contributed by atoms with van der Waals surface area (Å²) in [5, 5.41) is 10.3. The third kappa shape index (κ3) is 2.94. The number of nitrogens with one attached hydrogen (secondary N) is 1. The highest BCUT2D eigenvalue weighted by atomic mass is 32.2. The number of pyridine rings is 1. The molecule has 0 unspecified atom stereocenters. The fourth-order valence-corrected chi connectivity index (χ4v) is 4.36. The summed E-state index contributed by atoms with van der Waals surface area (Å²) in [6, 6.07) is 9.70. The van der Waals surface area contributed by atoms with Gasteiger partial charge in [-0.15, -0.1) is 0 Å². The van der Waals surface area contributed by atoms with Crippen molar-refractivity contribution in [3.05, 3.63) is 48.8 Å². The fourth-order valence-electron chi connectivity index (χ4n) is 2.59. The van der Waals surface area contributed by atoms with E-state index >= 15 is 0 Å². The number of benzene rings is 1. The van der Waals surface area contributed by atoms with Crippen molar-refractivity contribution in [2.45, 2.75) is 18.7 Å². The van der Waals surface area contributed by atoms with Crippen LogP contribution in [-0.2, 0) is 10.0 Å². The minimum atomic E-state index is -3.80. The number of aromatic nitrogens is 2. The van der Waals surface area contributed by atoms with E-state index in [9.17, 15) is 13.5 Å². The van der Waals surface area contributed by atoms with E-state index in [2.05, 4.69) is 9.97 Å². The van der Waals surface area contributed by atoms with E-state index in [4.69, 9.17) is 0 Å². The van der Waals surface area contributed by atoms with Gasteiger partial charge in [-0.3, -0.25) is 4.31 Å². The van der Waals surface area contributed by atoms with E-state index in [0.29, 0.717) is 23.3 Å². The molecule has 126 valence electrons. The largest absolute Gasteiger partial charge is 0.508 e. The second-order valence-electron chi connectivity index (χ2n) is 6.00. The minimum Gasteiger partial charge on any atom is -0.508 e. The summed E-state index contributed by atoms with van der Waals surface area (Å²) < 4.78 is 27.8. The van der Waals surface area contributed by atoms with E-state index in [1.807, 2.05) is 13.8 Å². The molecule has 0 radical (unpaired) electrons. The molecule has 6 nitrogen and oxygen atoms in total. The number of phenols is 1. The predicted molar refractivity (Wildman–Crippen MR) is 93.6 cm³/mol. The van der Waals surface area contributed by atoms with E-state index in [0.717, 1.165) is 0 Å². The van der Waals surface area contributed by atoms with Crippen LogP contribution < -0.4 is 4.31 Å². The average Bonchev–Trinajstić information content (AvgIpc) is 2.97. The highest BCUT2D eigenvalue weighted by Gasteiger charge is 2.28. The second-order valence-corrected chi connectivity index (χ2v) is 7.83. The second kappa shape index (κ2) is 6.16. The van der Waals surface area contributed by atoms with Crippen LogP contribution in [0, 0.1) is 5.92 Å². The highest BCUT2D eigenvalue weighted by Crippen LogP contribution is 2.30. The van der Waals surface area contributed by atoms with Gasteiger partial charge in [-0.05, 0) is 30.2 Å². The normalized spacial score (nSPS) is 12.0. The zero-order valence-electron chi connectivity index (χ0n) is 13.5. The van der Waals surface area contributed by atoms with Crippen molar-refractivity contribution in [3.8, 4) is 5.75 Å². The van der Waals surface area contributed by atoms with Crippen molar-refractivity contribution in [1.82, 2.24) is 9.97 Å². The number of sulfonamides is 1. The Labute approximate surface area is 140 Å². The molecule has 0 saturated heterocycles. The lowest BCUT2D eigenvalue weighted by Gasteiger charge is -2.26. The van der Waals surface area contributed by atoms with Crippen molar-refractivity contribution in [3.63, 3.8) is 0 Å². The van der Waals surface area contributed by atoms with Crippen LogP contribution in [0.15, 0.2) is 53.7 Å². The van der Waals surface area contributed by atoms with Gasteiger partial charge in [0.25, 0.3) is 10.0 Å². The third-order valence-corrected chi connectivity index (χ3v) is 5.46. The van der Waals surface area contributed by atoms with E-state index in [1.165, 1.54) is 22.6 Å². The maximum atomic E-state index is 13.3. The molecule has 0 aliphatic rings. The van der Waals surface area contributed by atoms with E-state index in [-0.39, 0.29) is 16.6 Å². The van der Waals surface area contributed by atoms with Gasteiger partial charge in [0.15, 0.2) is 0 Å². The van der Waals surface area contributed by atoms with Crippen molar-refractivity contribution in [1.29, 1.82) is 0 Å². The fraction of sp³-hybridized carbons (Fsp3) is 0.235. The molecule has 3 aromatic rings. The average molecular weight is 345 g/mol. The lowest BCUT2D eigenvalue weighted by Crippen LogP contribution is -2.34.